The number of aryl methyl sites for hydroxylation is 1. The first-order valence-corrected chi connectivity index (χ1v) is 13.9. The summed E-state index contributed by atoms with van der Waals surface area (Å²) in [5.41, 5.74) is 1.50. The van der Waals surface area contributed by atoms with E-state index in [0.717, 1.165) is 24.8 Å². The normalized spacial score (nSPS) is 31.9. The Labute approximate surface area is 207 Å². The molecule has 2 atom stereocenters. The highest BCUT2D eigenvalue weighted by atomic mass is 35.5. The minimum atomic E-state index is -3.96. The standard InChI is InChI=1S/C27H33ClN2O3S/c1-19-9-10-21(11-23(19)28)30(34(32,33)22-7-5-4-6-8-22)15-24(31)29-27-14-20-12-25(2,17-27)16-26(3,13-20)18-27/h4-11,20H,12-18H2,1-3H3,(H,29,31). The second kappa shape index (κ2) is 7.99. The van der Waals surface area contributed by atoms with Gasteiger partial charge in [0.25, 0.3) is 10.0 Å². The number of hydrogen-bond acceptors (Lipinski definition) is 3. The van der Waals surface area contributed by atoms with Crippen LogP contribution < -0.4 is 9.62 Å². The Morgan fingerprint density at radius 2 is 1.68 bits per heavy atom. The molecule has 34 heavy (non-hydrogen) atoms. The van der Waals surface area contributed by atoms with Crippen molar-refractivity contribution in [2.24, 2.45) is 16.7 Å². The molecule has 4 bridgehead atoms. The summed E-state index contributed by atoms with van der Waals surface area (Å²) in [6.07, 6.45) is 6.61. The zero-order valence-corrected chi connectivity index (χ0v) is 21.7. The van der Waals surface area contributed by atoms with Crippen molar-refractivity contribution < 1.29 is 13.2 Å². The van der Waals surface area contributed by atoms with Crippen molar-refractivity contribution in [3.8, 4) is 0 Å². The lowest BCUT2D eigenvalue weighted by Gasteiger charge is -2.65. The lowest BCUT2D eigenvalue weighted by atomic mass is 9.43. The summed E-state index contributed by atoms with van der Waals surface area (Å²) >= 11 is 6.34. The fourth-order valence-corrected chi connectivity index (χ4v) is 9.43. The van der Waals surface area contributed by atoms with Crippen molar-refractivity contribution in [2.45, 2.75) is 69.7 Å². The first-order valence-electron chi connectivity index (χ1n) is 12.1. The van der Waals surface area contributed by atoms with Crippen LogP contribution in [0.2, 0.25) is 5.02 Å². The molecule has 2 unspecified atom stereocenters. The largest absolute Gasteiger partial charge is 0.349 e. The van der Waals surface area contributed by atoms with Crippen molar-refractivity contribution in [2.75, 3.05) is 10.8 Å². The highest BCUT2D eigenvalue weighted by molar-refractivity contribution is 7.92. The van der Waals surface area contributed by atoms with Crippen LogP contribution in [0.1, 0.15) is 57.9 Å². The molecule has 4 aliphatic rings. The average molecular weight is 501 g/mol. The van der Waals surface area contributed by atoms with Gasteiger partial charge >= 0.3 is 0 Å². The van der Waals surface area contributed by atoms with Crippen LogP contribution >= 0.6 is 11.6 Å². The minimum Gasteiger partial charge on any atom is -0.349 e. The molecule has 1 N–H and O–H groups in total. The van der Waals surface area contributed by atoms with Crippen LogP contribution in [-0.4, -0.2) is 26.4 Å². The lowest BCUT2D eigenvalue weighted by molar-refractivity contribution is -0.138. The van der Waals surface area contributed by atoms with Gasteiger partial charge in [-0.25, -0.2) is 8.42 Å². The Hall–Kier alpha value is -2.05. The molecule has 5 nitrogen and oxygen atoms in total. The number of benzene rings is 2. The fourth-order valence-electron chi connectivity index (χ4n) is 7.82. The molecule has 0 radical (unpaired) electrons. The molecule has 0 aliphatic heterocycles. The third-order valence-corrected chi connectivity index (χ3v) is 10.3. The number of sulfonamides is 1. The second-order valence-corrected chi connectivity index (χ2v) is 14.0. The van der Waals surface area contributed by atoms with Crippen LogP contribution in [0.25, 0.3) is 0 Å². The monoisotopic (exact) mass is 500 g/mol. The zero-order valence-electron chi connectivity index (χ0n) is 20.1. The van der Waals surface area contributed by atoms with Crippen LogP contribution in [0.4, 0.5) is 5.69 Å². The molecular weight excluding hydrogens is 468 g/mol. The molecule has 4 fully saturated rings. The van der Waals surface area contributed by atoms with E-state index < -0.39 is 10.0 Å². The van der Waals surface area contributed by atoms with Gasteiger partial charge in [-0.15, -0.1) is 0 Å². The summed E-state index contributed by atoms with van der Waals surface area (Å²) in [6.45, 7) is 6.30. The van der Waals surface area contributed by atoms with Gasteiger partial charge in [0, 0.05) is 10.6 Å². The van der Waals surface area contributed by atoms with E-state index in [1.807, 2.05) is 6.92 Å². The van der Waals surface area contributed by atoms with E-state index in [4.69, 9.17) is 11.6 Å². The van der Waals surface area contributed by atoms with E-state index in [2.05, 4.69) is 19.2 Å². The molecule has 4 aliphatic carbocycles. The molecule has 0 spiro atoms. The predicted molar refractivity (Wildman–Crippen MR) is 135 cm³/mol. The maximum absolute atomic E-state index is 13.6. The van der Waals surface area contributed by atoms with Crippen molar-refractivity contribution in [3.05, 3.63) is 59.1 Å². The number of hydrogen-bond donors (Lipinski definition) is 1. The molecule has 1 amide bonds. The van der Waals surface area contributed by atoms with E-state index in [1.165, 1.54) is 23.6 Å². The summed E-state index contributed by atoms with van der Waals surface area (Å²) in [7, 11) is -3.96. The van der Waals surface area contributed by atoms with Gasteiger partial charge in [-0.2, -0.15) is 0 Å². The number of nitrogens with zero attached hydrogens (tertiary/aromatic N) is 1. The van der Waals surface area contributed by atoms with Gasteiger partial charge in [0.1, 0.15) is 6.54 Å². The molecule has 0 aromatic heterocycles. The van der Waals surface area contributed by atoms with Crippen molar-refractivity contribution >= 4 is 33.2 Å². The molecule has 7 heteroatoms. The van der Waals surface area contributed by atoms with Gasteiger partial charge in [0.2, 0.25) is 5.91 Å². The van der Waals surface area contributed by atoms with Gasteiger partial charge in [0.05, 0.1) is 10.6 Å². The first-order chi connectivity index (χ1) is 15.9. The average Bonchev–Trinajstić information content (AvgIpc) is 2.71. The number of amides is 1. The Morgan fingerprint density at radius 3 is 2.26 bits per heavy atom. The first kappa shape index (κ1) is 23.7. The molecule has 2 aromatic carbocycles. The number of halogens is 1. The van der Waals surface area contributed by atoms with Crippen LogP contribution in [0.15, 0.2) is 53.4 Å². The van der Waals surface area contributed by atoms with Crippen molar-refractivity contribution in [1.82, 2.24) is 5.32 Å². The maximum Gasteiger partial charge on any atom is 0.264 e. The van der Waals surface area contributed by atoms with Crippen LogP contribution in [0, 0.1) is 23.7 Å². The SMILES string of the molecule is Cc1ccc(N(CC(=O)NC23CC4CC(C)(CC(C)(C4)C2)C3)S(=O)(=O)c2ccccc2)cc1Cl. The molecule has 6 rings (SSSR count). The van der Waals surface area contributed by atoms with Crippen LogP contribution in [0.5, 0.6) is 0 Å². The van der Waals surface area contributed by atoms with Gasteiger partial charge in [-0.1, -0.05) is 49.7 Å². The number of carbonyl (C=O) groups is 1. The third kappa shape index (κ3) is 4.24. The number of carbonyl (C=O) groups excluding carboxylic acids is 1. The molecule has 2 aromatic rings. The van der Waals surface area contributed by atoms with E-state index in [0.29, 0.717) is 16.6 Å². The van der Waals surface area contributed by atoms with E-state index in [9.17, 15) is 13.2 Å². The smallest absolute Gasteiger partial charge is 0.264 e. The molecule has 4 saturated carbocycles. The van der Waals surface area contributed by atoms with Gasteiger partial charge < -0.3 is 5.32 Å². The Morgan fingerprint density at radius 1 is 1.03 bits per heavy atom. The minimum absolute atomic E-state index is 0.148. The van der Waals surface area contributed by atoms with Crippen molar-refractivity contribution in [1.29, 1.82) is 0 Å². The van der Waals surface area contributed by atoms with Crippen LogP contribution in [-0.2, 0) is 14.8 Å². The zero-order chi connectivity index (χ0) is 24.4. The van der Waals surface area contributed by atoms with Crippen LogP contribution in [0.3, 0.4) is 0 Å². The van der Waals surface area contributed by atoms with E-state index >= 15 is 0 Å². The van der Waals surface area contributed by atoms with E-state index in [-0.39, 0.29) is 33.7 Å². The third-order valence-electron chi connectivity index (χ3n) is 8.09. The highest BCUT2D eigenvalue weighted by Crippen LogP contribution is 2.66. The van der Waals surface area contributed by atoms with Crippen molar-refractivity contribution in [3.63, 3.8) is 0 Å². The topological polar surface area (TPSA) is 66.5 Å². The number of nitrogens with one attached hydrogen (secondary N) is 1. The Bertz CT molecular complexity index is 1210. The van der Waals surface area contributed by atoms with E-state index in [1.54, 1.807) is 48.5 Å². The second-order valence-electron chi connectivity index (χ2n) is 11.7. The molecule has 0 saturated heterocycles. The quantitative estimate of drug-likeness (QED) is 0.552. The Balaban J connectivity index is 1.45. The number of anilines is 1. The lowest BCUT2D eigenvalue weighted by Crippen LogP contribution is -2.65. The van der Waals surface area contributed by atoms with Gasteiger partial charge in [-0.3, -0.25) is 9.10 Å². The maximum atomic E-state index is 13.6. The molecule has 182 valence electrons. The van der Waals surface area contributed by atoms with Gasteiger partial charge in [-0.05, 0) is 92.0 Å². The Kier molecular flexibility index (Phi) is 5.56. The van der Waals surface area contributed by atoms with Gasteiger partial charge in [0.15, 0.2) is 0 Å². The molecular formula is C27H33ClN2O3S. The number of rotatable bonds is 6. The molecule has 0 heterocycles. The summed E-state index contributed by atoms with van der Waals surface area (Å²) in [4.78, 5) is 13.6. The summed E-state index contributed by atoms with van der Waals surface area (Å²) in [6, 6.07) is 13.4. The fraction of sp³-hybridized carbons (Fsp3) is 0.519. The summed E-state index contributed by atoms with van der Waals surface area (Å²) in [5.74, 6) is 0.372. The summed E-state index contributed by atoms with van der Waals surface area (Å²) < 4.78 is 28.5. The highest BCUT2D eigenvalue weighted by Gasteiger charge is 2.60. The summed E-state index contributed by atoms with van der Waals surface area (Å²) in [5, 5.41) is 3.81. The predicted octanol–water partition coefficient (Wildman–Crippen LogP) is 5.71.